The zero-order valence-electron chi connectivity index (χ0n) is 17.0. The van der Waals surface area contributed by atoms with Gasteiger partial charge in [0.2, 0.25) is 5.95 Å². The number of aromatic amines is 1. The van der Waals surface area contributed by atoms with Crippen molar-refractivity contribution in [3.63, 3.8) is 0 Å². The van der Waals surface area contributed by atoms with E-state index in [0.29, 0.717) is 24.3 Å². The second-order valence-corrected chi connectivity index (χ2v) is 7.89. The molecule has 0 saturated carbocycles. The van der Waals surface area contributed by atoms with Crippen LogP contribution in [-0.4, -0.2) is 38.8 Å². The first-order valence-electron chi connectivity index (χ1n) is 10.1. The lowest BCUT2D eigenvalue weighted by atomic mass is 9.90. The summed E-state index contributed by atoms with van der Waals surface area (Å²) in [7, 11) is 0. The normalized spacial score (nSPS) is 15.8. The lowest BCUT2D eigenvalue weighted by molar-refractivity contribution is 0.0593. The minimum Gasteiger partial charge on any atom is -0.364 e. The van der Waals surface area contributed by atoms with Crippen molar-refractivity contribution in [3.8, 4) is 0 Å². The Bertz CT molecular complexity index is 1170. The van der Waals surface area contributed by atoms with E-state index in [2.05, 4.69) is 26.8 Å². The Morgan fingerprint density at radius 3 is 2.77 bits per heavy atom. The number of rotatable bonds is 6. The van der Waals surface area contributed by atoms with Crippen molar-refractivity contribution in [2.45, 2.75) is 32.7 Å². The summed E-state index contributed by atoms with van der Waals surface area (Å²) in [6.45, 7) is 5.69. The summed E-state index contributed by atoms with van der Waals surface area (Å²) in [6, 6.07) is 7.00. The Labute approximate surface area is 173 Å². The van der Waals surface area contributed by atoms with Gasteiger partial charge in [-0.15, -0.1) is 0 Å². The number of aromatic nitrogens is 3. The van der Waals surface area contributed by atoms with Crippen molar-refractivity contribution in [2.24, 2.45) is 11.7 Å². The van der Waals surface area contributed by atoms with Crippen molar-refractivity contribution in [1.29, 1.82) is 0 Å². The molecule has 30 heavy (non-hydrogen) atoms. The molecule has 0 aromatic carbocycles. The van der Waals surface area contributed by atoms with Crippen LogP contribution in [-0.2, 0) is 12.8 Å². The maximum absolute atomic E-state index is 14.1. The number of hydrogen-bond acceptors (Lipinski definition) is 5. The predicted molar refractivity (Wildman–Crippen MR) is 112 cm³/mol. The third kappa shape index (κ3) is 3.82. The van der Waals surface area contributed by atoms with E-state index < -0.39 is 11.9 Å². The van der Waals surface area contributed by atoms with Crippen molar-refractivity contribution in [2.75, 3.05) is 13.1 Å². The first-order chi connectivity index (χ1) is 14.4. The molecule has 1 unspecified atom stereocenters. The molecule has 1 aliphatic heterocycles. The number of hydrogen-bond donors (Lipinski definition) is 2. The summed E-state index contributed by atoms with van der Waals surface area (Å²) in [5.41, 5.74) is 8.77. The highest BCUT2D eigenvalue weighted by molar-refractivity contribution is 5.90. The number of primary amides is 1. The van der Waals surface area contributed by atoms with Gasteiger partial charge in [-0.2, -0.15) is 4.39 Å². The molecular formula is C22H24FN5O2. The molecular weight excluding hydrogens is 385 g/mol. The number of pyridine rings is 3. The van der Waals surface area contributed by atoms with Crippen LogP contribution < -0.4 is 11.3 Å². The van der Waals surface area contributed by atoms with Crippen molar-refractivity contribution < 1.29 is 9.18 Å². The first-order valence-corrected chi connectivity index (χ1v) is 10.1. The lowest BCUT2D eigenvalue weighted by Crippen LogP contribution is -2.48. The highest BCUT2D eigenvalue weighted by atomic mass is 19.1. The molecule has 0 radical (unpaired) electrons. The number of nitrogens with one attached hydrogen (secondary N) is 1. The van der Waals surface area contributed by atoms with Gasteiger partial charge in [-0.1, -0.05) is 13.0 Å². The molecule has 1 amide bonds. The molecule has 1 saturated heterocycles. The summed E-state index contributed by atoms with van der Waals surface area (Å²) in [5.74, 6) is -1.06. The average Bonchev–Trinajstić information content (AvgIpc) is 2.69. The molecule has 4 heterocycles. The van der Waals surface area contributed by atoms with Gasteiger partial charge in [0.05, 0.1) is 11.0 Å². The Morgan fingerprint density at radius 1 is 1.33 bits per heavy atom. The molecule has 0 spiro atoms. The number of likely N-dealkylation sites (tertiary alicyclic amines) is 1. The number of fused-ring (bicyclic) bond motifs is 1. The number of halogens is 1. The first kappa shape index (κ1) is 20.2. The van der Waals surface area contributed by atoms with E-state index in [1.54, 1.807) is 6.07 Å². The van der Waals surface area contributed by atoms with Gasteiger partial charge in [0, 0.05) is 36.5 Å². The van der Waals surface area contributed by atoms with Gasteiger partial charge in [0.25, 0.3) is 11.5 Å². The fraction of sp³-hybridized carbons (Fsp3) is 0.364. The molecule has 7 nitrogen and oxygen atoms in total. The fourth-order valence-electron chi connectivity index (χ4n) is 3.96. The third-order valence-electron chi connectivity index (χ3n) is 5.87. The fourth-order valence-corrected chi connectivity index (χ4v) is 3.96. The van der Waals surface area contributed by atoms with E-state index >= 15 is 0 Å². The zero-order valence-corrected chi connectivity index (χ0v) is 17.0. The molecule has 8 heteroatoms. The summed E-state index contributed by atoms with van der Waals surface area (Å²) in [6.07, 6.45) is 3.08. The molecule has 0 aliphatic carbocycles. The standard InChI is InChI=1S/C22H24FN5O2/c1-3-14-7-18-19(27-22(14)30)8-16(9-25-18)12(2)28-10-13(11-28)6-15-4-5-17(21(24)29)26-20(15)23/h4-5,7-9,12-13H,3,6,10-11H2,1-2H3,(H2,24,29)(H,27,30). The summed E-state index contributed by atoms with van der Waals surface area (Å²) < 4.78 is 14.1. The SMILES string of the molecule is CCc1cc2ncc(C(C)N3CC(Cc4ccc(C(N)=O)nc4F)C3)cc2[nH]c1=O. The molecule has 1 aliphatic rings. The molecule has 1 fully saturated rings. The van der Waals surface area contributed by atoms with Crippen LogP contribution in [0.4, 0.5) is 4.39 Å². The monoisotopic (exact) mass is 409 g/mol. The number of amides is 1. The Hall–Kier alpha value is -3.13. The minimum atomic E-state index is -0.736. The van der Waals surface area contributed by atoms with E-state index in [9.17, 15) is 14.0 Å². The zero-order chi connectivity index (χ0) is 21.4. The van der Waals surface area contributed by atoms with Crippen LogP contribution >= 0.6 is 0 Å². The van der Waals surface area contributed by atoms with E-state index in [1.165, 1.54) is 6.07 Å². The third-order valence-corrected chi connectivity index (χ3v) is 5.87. The van der Waals surface area contributed by atoms with Crippen LogP contribution in [0.2, 0.25) is 0 Å². The van der Waals surface area contributed by atoms with E-state index in [0.717, 1.165) is 35.2 Å². The maximum atomic E-state index is 14.1. The number of nitrogens with two attached hydrogens (primary N) is 1. The highest BCUT2D eigenvalue weighted by Crippen LogP contribution is 2.31. The largest absolute Gasteiger partial charge is 0.364 e. The van der Waals surface area contributed by atoms with Crippen LogP contribution in [0.1, 0.15) is 47.1 Å². The smallest absolute Gasteiger partial charge is 0.267 e. The highest BCUT2D eigenvalue weighted by Gasteiger charge is 2.32. The molecule has 1 atom stereocenters. The summed E-state index contributed by atoms with van der Waals surface area (Å²) in [4.78, 5) is 36.6. The molecule has 0 bridgehead atoms. The number of H-pyrrole nitrogens is 1. The molecule has 4 rings (SSSR count). The Morgan fingerprint density at radius 2 is 2.10 bits per heavy atom. The van der Waals surface area contributed by atoms with Crippen molar-refractivity contribution in [3.05, 3.63) is 69.1 Å². The van der Waals surface area contributed by atoms with E-state index in [-0.39, 0.29) is 17.3 Å². The van der Waals surface area contributed by atoms with Crippen molar-refractivity contribution in [1.82, 2.24) is 19.9 Å². The summed E-state index contributed by atoms with van der Waals surface area (Å²) in [5, 5.41) is 0. The van der Waals surface area contributed by atoms with Crippen LogP contribution in [0, 0.1) is 11.9 Å². The van der Waals surface area contributed by atoms with Crippen molar-refractivity contribution >= 4 is 16.9 Å². The van der Waals surface area contributed by atoms with Gasteiger partial charge in [0.15, 0.2) is 0 Å². The molecule has 3 aromatic rings. The minimum absolute atomic E-state index is 0.0620. The van der Waals surface area contributed by atoms with Gasteiger partial charge in [-0.3, -0.25) is 19.5 Å². The Balaban J connectivity index is 1.42. The number of carbonyl (C=O) groups is 1. The van der Waals surface area contributed by atoms with Crippen LogP contribution in [0.15, 0.2) is 35.3 Å². The van der Waals surface area contributed by atoms with Gasteiger partial charge < -0.3 is 10.7 Å². The van der Waals surface area contributed by atoms with Crippen LogP contribution in [0.5, 0.6) is 0 Å². The average molecular weight is 409 g/mol. The molecule has 3 N–H and O–H groups in total. The number of carbonyl (C=O) groups excluding carboxylic acids is 1. The van der Waals surface area contributed by atoms with Crippen LogP contribution in [0.25, 0.3) is 11.0 Å². The topological polar surface area (TPSA) is 105 Å². The Kier molecular flexibility index (Phi) is 5.34. The number of nitrogens with zero attached hydrogens (tertiary/aromatic N) is 3. The lowest BCUT2D eigenvalue weighted by Gasteiger charge is -2.43. The molecule has 156 valence electrons. The summed E-state index contributed by atoms with van der Waals surface area (Å²) >= 11 is 0. The van der Waals surface area contributed by atoms with E-state index in [1.807, 2.05) is 25.3 Å². The maximum Gasteiger partial charge on any atom is 0.267 e. The van der Waals surface area contributed by atoms with Gasteiger partial charge in [0.1, 0.15) is 5.69 Å². The second kappa shape index (κ2) is 7.95. The van der Waals surface area contributed by atoms with Gasteiger partial charge >= 0.3 is 0 Å². The van der Waals surface area contributed by atoms with Gasteiger partial charge in [-0.25, -0.2) is 4.98 Å². The predicted octanol–water partition coefficient (Wildman–Crippen LogP) is 2.35. The molecule has 3 aromatic heterocycles. The van der Waals surface area contributed by atoms with E-state index in [4.69, 9.17) is 5.73 Å². The quantitative estimate of drug-likeness (QED) is 0.608. The number of aryl methyl sites for hydroxylation is 1. The second-order valence-electron chi connectivity index (χ2n) is 7.89. The van der Waals surface area contributed by atoms with Gasteiger partial charge in [-0.05, 0) is 49.4 Å². The van der Waals surface area contributed by atoms with Crippen LogP contribution in [0.3, 0.4) is 0 Å².